The molecular formula is C20H33N3O. The van der Waals surface area contributed by atoms with Crippen LogP contribution in [0.2, 0.25) is 0 Å². The van der Waals surface area contributed by atoms with Crippen molar-refractivity contribution in [2.75, 3.05) is 46.4 Å². The summed E-state index contributed by atoms with van der Waals surface area (Å²) in [4.78, 5) is 7.70. The second-order valence-corrected chi connectivity index (χ2v) is 7.66. The van der Waals surface area contributed by atoms with Crippen LogP contribution in [0, 0.1) is 6.92 Å². The molecule has 0 spiro atoms. The van der Waals surface area contributed by atoms with Crippen LogP contribution in [0.4, 0.5) is 0 Å². The van der Waals surface area contributed by atoms with Crippen LogP contribution in [0.25, 0.3) is 0 Å². The predicted molar refractivity (Wildman–Crippen MR) is 99.2 cm³/mol. The Bertz CT molecular complexity index is 496. The fourth-order valence-corrected chi connectivity index (χ4v) is 4.24. The predicted octanol–water partition coefficient (Wildman–Crippen LogP) is 1.96. The first kappa shape index (κ1) is 17.9. The topological polar surface area (TPSA) is 30.0 Å². The number of hydrogen-bond acceptors (Lipinski definition) is 4. The molecule has 1 aromatic rings. The molecule has 0 aromatic heterocycles. The lowest BCUT2D eigenvalue weighted by Crippen LogP contribution is -2.58. The van der Waals surface area contributed by atoms with Gasteiger partial charge in [-0.3, -0.25) is 9.80 Å². The van der Waals surface area contributed by atoms with Crippen molar-refractivity contribution in [3.05, 3.63) is 35.4 Å². The fourth-order valence-electron chi connectivity index (χ4n) is 4.24. The number of piperazine rings is 1. The van der Waals surface area contributed by atoms with E-state index in [-0.39, 0.29) is 0 Å². The minimum absolute atomic E-state index is 0.298. The average molecular weight is 332 g/mol. The van der Waals surface area contributed by atoms with Crippen molar-refractivity contribution in [1.29, 1.82) is 0 Å². The number of hydrogen-bond donors (Lipinski definition) is 1. The van der Waals surface area contributed by atoms with Crippen LogP contribution in [0.5, 0.6) is 0 Å². The van der Waals surface area contributed by atoms with Crippen LogP contribution in [-0.2, 0) is 6.54 Å². The van der Waals surface area contributed by atoms with Gasteiger partial charge in [-0.2, -0.15) is 0 Å². The summed E-state index contributed by atoms with van der Waals surface area (Å²) in [5.41, 5.74) is 2.72. The molecule has 2 aliphatic rings. The second-order valence-electron chi connectivity index (χ2n) is 7.66. The average Bonchev–Trinajstić information content (AvgIpc) is 2.59. The van der Waals surface area contributed by atoms with E-state index in [1.54, 1.807) is 0 Å². The highest BCUT2D eigenvalue weighted by molar-refractivity contribution is 5.21. The number of aliphatic hydroxyl groups excluding tert-OH is 1. The smallest absolute Gasteiger partial charge is 0.0446 e. The first-order valence-electron chi connectivity index (χ1n) is 9.49. The van der Waals surface area contributed by atoms with Crippen LogP contribution in [0.1, 0.15) is 30.4 Å². The molecular weight excluding hydrogens is 298 g/mol. The van der Waals surface area contributed by atoms with Crippen LogP contribution < -0.4 is 0 Å². The maximum absolute atomic E-state index is 9.53. The molecule has 1 atom stereocenters. The largest absolute Gasteiger partial charge is 0.396 e. The number of aliphatic hydroxyl groups is 1. The van der Waals surface area contributed by atoms with Gasteiger partial charge in [0.15, 0.2) is 0 Å². The zero-order valence-corrected chi connectivity index (χ0v) is 15.3. The minimum Gasteiger partial charge on any atom is -0.396 e. The molecule has 1 unspecified atom stereocenters. The van der Waals surface area contributed by atoms with Crippen molar-refractivity contribution >= 4 is 0 Å². The summed E-state index contributed by atoms with van der Waals surface area (Å²) in [6.45, 7) is 9.26. The SMILES string of the molecule is Cc1ccc(CN2CCN(C3CCN(C)CC3)C(CCO)C2)cc1. The zero-order valence-electron chi connectivity index (χ0n) is 15.3. The highest BCUT2D eigenvalue weighted by Crippen LogP contribution is 2.23. The maximum atomic E-state index is 9.53. The summed E-state index contributed by atoms with van der Waals surface area (Å²) < 4.78 is 0. The molecule has 1 aromatic carbocycles. The second kappa shape index (κ2) is 8.43. The van der Waals surface area contributed by atoms with Gasteiger partial charge in [-0.25, -0.2) is 0 Å². The number of rotatable bonds is 5. The lowest BCUT2D eigenvalue weighted by Gasteiger charge is -2.47. The quantitative estimate of drug-likeness (QED) is 0.893. The van der Waals surface area contributed by atoms with E-state index in [0.717, 1.165) is 32.6 Å². The third-order valence-electron chi connectivity index (χ3n) is 5.76. The highest BCUT2D eigenvalue weighted by Gasteiger charge is 2.32. The van der Waals surface area contributed by atoms with Gasteiger partial charge in [0.05, 0.1) is 0 Å². The van der Waals surface area contributed by atoms with Gasteiger partial charge in [-0.05, 0) is 51.9 Å². The van der Waals surface area contributed by atoms with Gasteiger partial charge < -0.3 is 10.0 Å². The molecule has 0 amide bonds. The molecule has 4 heteroatoms. The number of aryl methyl sites for hydroxylation is 1. The zero-order chi connectivity index (χ0) is 16.9. The van der Waals surface area contributed by atoms with Gasteiger partial charge in [0.2, 0.25) is 0 Å². The van der Waals surface area contributed by atoms with E-state index in [9.17, 15) is 5.11 Å². The van der Waals surface area contributed by atoms with E-state index in [2.05, 4.69) is 52.9 Å². The van der Waals surface area contributed by atoms with E-state index in [1.807, 2.05) is 0 Å². The summed E-state index contributed by atoms with van der Waals surface area (Å²) in [5.74, 6) is 0. The Hall–Kier alpha value is -0.940. The number of likely N-dealkylation sites (tertiary alicyclic amines) is 1. The van der Waals surface area contributed by atoms with Crippen LogP contribution in [-0.4, -0.2) is 78.3 Å². The summed E-state index contributed by atoms with van der Waals surface area (Å²) in [6.07, 6.45) is 3.45. The van der Waals surface area contributed by atoms with Gasteiger partial charge in [0.25, 0.3) is 0 Å². The molecule has 134 valence electrons. The van der Waals surface area contributed by atoms with Crippen LogP contribution in [0.3, 0.4) is 0 Å². The number of piperidine rings is 1. The van der Waals surface area contributed by atoms with Crippen molar-refractivity contribution in [2.45, 2.75) is 44.8 Å². The summed E-state index contributed by atoms with van der Waals surface area (Å²) >= 11 is 0. The normalized spacial score (nSPS) is 25.2. The fraction of sp³-hybridized carbons (Fsp3) is 0.700. The molecule has 2 heterocycles. The molecule has 0 saturated carbocycles. The van der Waals surface area contributed by atoms with Crippen molar-refractivity contribution in [2.24, 2.45) is 0 Å². The monoisotopic (exact) mass is 331 g/mol. The molecule has 0 radical (unpaired) electrons. The molecule has 2 fully saturated rings. The van der Waals surface area contributed by atoms with Crippen molar-refractivity contribution in [3.63, 3.8) is 0 Å². The summed E-state index contributed by atoms with van der Waals surface area (Å²) in [6, 6.07) is 10.1. The Morgan fingerprint density at radius 2 is 1.75 bits per heavy atom. The van der Waals surface area contributed by atoms with Gasteiger partial charge in [-0.15, -0.1) is 0 Å². The maximum Gasteiger partial charge on any atom is 0.0446 e. The molecule has 1 N–H and O–H groups in total. The summed E-state index contributed by atoms with van der Waals surface area (Å²) in [5, 5.41) is 9.53. The molecule has 4 nitrogen and oxygen atoms in total. The lowest BCUT2D eigenvalue weighted by molar-refractivity contribution is 0.00600. The third-order valence-corrected chi connectivity index (χ3v) is 5.76. The van der Waals surface area contributed by atoms with Crippen molar-refractivity contribution in [1.82, 2.24) is 14.7 Å². The molecule has 24 heavy (non-hydrogen) atoms. The van der Waals surface area contributed by atoms with Crippen LogP contribution in [0.15, 0.2) is 24.3 Å². The third kappa shape index (κ3) is 4.57. The molecule has 2 saturated heterocycles. The van der Waals surface area contributed by atoms with Gasteiger partial charge in [0, 0.05) is 44.9 Å². The van der Waals surface area contributed by atoms with Crippen LogP contribution >= 0.6 is 0 Å². The molecule has 0 bridgehead atoms. The number of nitrogens with zero attached hydrogens (tertiary/aromatic N) is 3. The highest BCUT2D eigenvalue weighted by atomic mass is 16.3. The molecule has 3 rings (SSSR count). The Morgan fingerprint density at radius 1 is 1.04 bits per heavy atom. The Labute approximate surface area is 147 Å². The van der Waals surface area contributed by atoms with E-state index in [4.69, 9.17) is 0 Å². The Kier molecular flexibility index (Phi) is 6.28. The van der Waals surface area contributed by atoms with Gasteiger partial charge in [-0.1, -0.05) is 29.8 Å². The Morgan fingerprint density at radius 3 is 2.42 bits per heavy atom. The Balaban J connectivity index is 1.59. The van der Waals surface area contributed by atoms with Crippen molar-refractivity contribution < 1.29 is 5.11 Å². The first-order valence-corrected chi connectivity index (χ1v) is 9.49. The molecule has 0 aliphatic carbocycles. The first-order chi connectivity index (χ1) is 11.7. The lowest BCUT2D eigenvalue weighted by atomic mass is 9.98. The summed E-state index contributed by atoms with van der Waals surface area (Å²) in [7, 11) is 2.22. The van der Waals surface area contributed by atoms with Gasteiger partial charge >= 0.3 is 0 Å². The van der Waals surface area contributed by atoms with E-state index < -0.39 is 0 Å². The number of benzene rings is 1. The van der Waals surface area contributed by atoms with Gasteiger partial charge in [0.1, 0.15) is 0 Å². The standard InChI is InChI=1S/C20H33N3O/c1-17-3-5-18(6-4-17)15-22-12-13-23(20(16-22)9-14-24)19-7-10-21(2)11-8-19/h3-6,19-20,24H,7-16H2,1-2H3. The van der Waals surface area contributed by atoms with Crippen molar-refractivity contribution in [3.8, 4) is 0 Å². The molecule has 2 aliphatic heterocycles. The van der Waals surface area contributed by atoms with E-state index in [1.165, 1.54) is 37.1 Å². The minimum atomic E-state index is 0.298. The van der Waals surface area contributed by atoms with E-state index in [0.29, 0.717) is 18.7 Å². The van der Waals surface area contributed by atoms with E-state index >= 15 is 0 Å².